The molecule has 0 spiro atoms. The molecule has 0 atom stereocenters. The van der Waals surface area contributed by atoms with E-state index in [-0.39, 0.29) is 5.91 Å². The molecular weight excluding hydrogens is 334 g/mol. The molecule has 0 aromatic carbocycles. The van der Waals surface area contributed by atoms with Crippen LogP contribution in [0.25, 0.3) is 0 Å². The van der Waals surface area contributed by atoms with E-state index in [1.165, 1.54) is 0 Å². The molecule has 2 aromatic rings. The van der Waals surface area contributed by atoms with Crippen molar-refractivity contribution in [3.05, 3.63) is 46.3 Å². The maximum Gasteiger partial charge on any atom is 0.268 e. The highest BCUT2D eigenvalue weighted by molar-refractivity contribution is 9.10. The Hall–Kier alpha value is -1.82. The zero-order valence-electron chi connectivity index (χ0n) is 11.7. The minimum atomic E-state index is -0.0663. The summed E-state index contributed by atoms with van der Waals surface area (Å²) in [5.74, 6) is 0.500. The number of methoxy groups -OCH3 is 1. The molecule has 1 amide bonds. The van der Waals surface area contributed by atoms with Gasteiger partial charge in [-0.2, -0.15) is 0 Å². The van der Waals surface area contributed by atoms with Gasteiger partial charge >= 0.3 is 0 Å². The number of amides is 1. The van der Waals surface area contributed by atoms with Crippen LogP contribution in [0.3, 0.4) is 0 Å². The first-order valence-corrected chi connectivity index (χ1v) is 7.61. The van der Waals surface area contributed by atoms with Crippen LogP contribution in [0.4, 0.5) is 0 Å². The molecule has 2 aromatic heterocycles. The van der Waals surface area contributed by atoms with Crippen molar-refractivity contribution in [2.24, 2.45) is 0 Å². The SMILES string of the molecule is COc1ccc(CNC(=O)c2cc(Br)cn2C2CC2)cn1. The number of carbonyl (C=O) groups is 1. The molecule has 6 heteroatoms. The van der Waals surface area contributed by atoms with Crippen molar-refractivity contribution in [2.75, 3.05) is 7.11 Å². The summed E-state index contributed by atoms with van der Waals surface area (Å²) in [4.78, 5) is 16.4. The van der Waals surface area contributed by atoms with Gasteiger partial charge in [0, 0.05) is 35.5 Å². The second kappa shape index (κ2) is 5.89. The predicted molar refractivity (Wildman–Crippen MR) is 82.4 cm³/mol. The van der Waals surface area contributed by atoms with Crippen molar-refractivity contribution in [1.82, 2.24) is 14.9 Å². The average Bonchev–Trinajstić information content (AvgIpc) is 3.27. The lowest BCUT2D eigenvalue weighted by Crippen LogP contribution is -2.25. The summed E-state index contributed by atoms with van der Waals surface area (Å²) in [5, 5.41) is 2.93. The first-order valence-electron chi connectivity index (χ1n) is 6.82. The standard InChI is InChI=1S/C15H16BrN3O2/c1-21-14-5-2-10(7-17-14)8-18-15(20)13-6-11(16)9-19(13)12-3-4-12/h2,5-7,9,12H,3-4,8H2,1H3,(H,18,20). The summed E-state index contributed by atoms with van der Waals surface area (Å²) in [6, 6.07) is 6.01. The third kappa shape index (κ3) is 3.26. The van der Waals surface area contributed by atoms with Crippen molar-refractivity contribution in [1.29, 1.82) is 0 Å². The highest BCUT2D eigenvalue weighted by Crippen LogP contribution is 2.37. The van der Waals surface area contributed by atoms with Crippen LogP contribution < -0.4 is 10.1 Å². The van der Waals surface area contributed by atoms with Gasteiger partial charge in [-0.15, -0.1) is 0 Å². The Kier molecular flexibility index (Phi) is 3.96. The number of pyridine rings is 1. The lowest BCUT2D eigenvalue weighted by atomic mass is 10.3. The Balaban J connectivity index is 1.65. The molecule has 1 saturated carbocycles. The fourth-order valence-electron chi connectivity index (χ4n) is 2.19. The van der Waals surface area contributed by atoms with Crippen LogP contribution >= 0.6 is 15.9 Å². The predicted octanol–water partition coefficient (Wildman–Crippen LogP) is 2.92. The van der Waals surface area contributed by atoms with E-state index in [1.807, 2.05) is 22.9 Å². The van der Waals surface area contributed by atoms with Gasteiger partial charge in [-0.1, -0.05) is 6.07 Å². The molecule has 5 nitrogen and oxygen atoms in total. The van der Waals surface area contributed by atoms with E-state index >= 15 is 0 Å². The molecule has 0 unspecified atom stereocenters. The van der Waals surface area contributed by atoms with Crippen LogP contribution in [-0.4, -0.2) is 22.6 Å². The molecule has 1 fully saturated rings. The third-order valence-corrected chi connectivity index (χ3v) is 3.88. The minimum Gasteiger partial charge on any atom is -0.481 e. The number of rotatable bonds is 5. The van der Waals surface area contributed by atoms with Gasteiger partial charge in [0.05, 0.1) is 7.11 Å². The minimum absolute atomic E-state index is 0.0663. The smallest absolute Gasteiger partial charge is 0.268 e. The van der Waals surface area contributed by atoms with Crippen LogP contribution in [-0.2, 0) is 6.54 Å². The van der Waals surface area contributed by atoms with Crippen LogP contribution in [0.2, 0.25) is 0 Å². The molecule has 1 aliphatic carbocycles. The van der Waals surface area contributed by atoms with Gasteiger partial charge in [0.25, 0.3) is 5.91 Å². The molecule has 3 rings (SSSR count). The highest BCUT2D eigenvalue weighted by Gasteiger charge is 2.27. The summed E-state index contributed by atoms with van der Waals surface area (Å²) >= 11 is 3.43. The monoisotopic (exact) mass is 349 g/mol. The Morgan fingerprint density at radius 1 is 1.52 bits per heavy atom. The molecule has 0 radical (unpaired) electrons. The van der Waals surface area contributed by atoms with Crippen molar-refractivity contribution in [2.45, 2.75) is 25.4 Å². The first-order chi connectivity index (χ1) is 10.2. The lowest BCUT2D eigenvalue weighted by molar-refractivity contribution is 0.0941. The number of carbonyl (C=O) groups excluding carboxylic acids is 1. The van der Waals surface area contributed by atoms with Crippen LogP contribution in [0.15, 0.2) is 35.1 Å². The zero-order valence-corrected chi connectivity index (χ0v) is 13.3. The fourth-order valence-corrected chi connectivity index (χ4v) is 2.63. The topological polar surface area (TPSA) is 56.1 Å². The van der Waals surface area contributed by atoms with Crippen molar-refractivity contribution < 1.29 is 9.53 Å². The van der Waals surface area contributed by atoms with Gasteiger partial charge in [-0.25, -0.2) is 4.98 Å². The molecule has 1 aliphatic rings. The van der Waals surface area contributed by atoms with E-state index in [9.17, 15) is 4.79 Å². The van der Waals surface area contributed by atoms with Gasteiger partial charge in [0.1, 0.15) is 5.69 Å². The molecule has 0 saturated heterocycles. The van der Waals surface area contributed by atoms with E-state index in [2.05, 4.69) is 26.2 Å². The first kappa shape index (κ1) is 14.1. The number of hydrogen-bond donors (Lipinski definition) is 1. The molecule has 21 heavy (non-hydrogen) atoms. The molecule has 110 valence electrons. The summed E-state index contributed by atoms with van der Waals surface area (Å²) in [6.45, 7) is 0.448. The van der Waals surface area contributed by atoms with Gasteiger partial charge in [-0.05, 0) is 40.4 Å². The number of aromatic nitrogens is 2. The average molecular weight is 350 g/mol. The number of ether oxygens (including phenoxy) is 1. The van der Waals surface area contributed by atoms with E-state index < -0.39 is 0 Å². The second-order valence-electron chi connectivity index (χ2n) is 5.07. The van der Waals surface area contributed by atoms with Gasteiger partial charge in [0.2, 0.25) is 5.88 Å². The Morgan fingerprint density at radius 3 is 2.95 bits per heavy atom. The molecule has 1 N–H and O–H groups in total. The highest BCUT2D eigenvalue weighted by atomic mass is 79.9. The van der Waals surface area contributed by atoms with Crippen LogP contribution in [0.1, 0.15) is 34.9 Å². The van der Waals surface area contributed by atoms with E-state index in [1.54, 1.807) is 19.4 Å². The zero-order chi connectivity index (χ0) is 14.8. The maximum absolute atomic E-state index is 12.3. The normalized spacial score (nSPS) is 14.0. The fraction of sp³-hybridized carbons (Fsp3) is 0.333. The van der Waals surface area contributed by atoms with Gasteiger partial charge in [0.15, 0.2) is 0 Å². The second-order valence-corrected chi connectivity index (χ2v) is 5.99. The largest absolute Gasteiger partial charge is 0.481 e. The summed E-state index contributed by atoms with van der Waals surface area (Å²) in [7, 11) is 1.58. The lowest BCUT2D eigenvalue weighted by Gasteiger charge is -2.08. The molecule has 2 heterocycles. The Labute approximate surface area is 131 Å². The molecule has 0 aliphatic heterocycles. The van der Waals surface area contributed by atoms with E-state index in [0.717, 1.165) is 22.9 Å². The number of hydrogen-bond acceptors (Lipinski definition) is 3. The Morgan fingerprint density at radius 2 is 2.33 bits per heavy atom. The van der Waals surface area contributed by atoms with Gasteiger partial charge in [-0.3, -0.25) is 4.79 Å². The summed E-state index contributed by atoms with van der Waals surface area (Å²) < 4.78 is 7.99. The quantitative estimate of drug-likeness (QED) is 0.902. The third-order valence-electron chi connectivity index (χ3n) is 3.45. The van der Waals surface area contributed by atoms with Crippen molar-refractivity contribution in [3.63, 3.8) is 0 Å². The number of nitrogens with one attached hydrogen (secondary N) is 1. The molecule has 0 bridgehead atoms. The van der Waals surface area contributed by atoms with Crippen molar-refractivity contribution in [3.8, 4) is 5.88 Å². The maximum atomic E-state index is 12.3. The number of nitrogens with zero attached hydrogens (tertiary/aromatic N) is 2. The number of halogens is 1. The van der Waals surface area contributed by atoms with E-state index in [4.69, 9.17) is 4.74 Å². The molecular formula is C15H16BrN3O2. The van der Waals surface area contributed by atoms with Gasteiger partial charge < -0.3 is 14.6 Å². The Bertz CT molecular complexity index is 647. The summed E-state index contributed by atoms with van der Waals surface area (Å²) in [5.41, 5.74) is 1.64. The van der Waals surface area contributed by atoms with Crippen LogP contribution in [0.5, 0.6) is 5.88 Å². The van der Waals surface area contributed by atoms with E-state index in [0.29, 0.717) is 24.2 Å². The van der Waals surface area contributed by atoms with Crippen molar-refractivity contribution >= 4 is 21.8 Å². The van der Waals surface area contributed by atoms with Crippen LogP contribution in [0, 0.1) is 0 Å². The summed E-state index contributed by atoms with van der Waals surface area (Å²) in [6.07, 6.45) is 5.96.